The van der Waals surface area contributed by atoms with E-state index in [4.69, 9.17) is 10.5 Å². The first kappa shape index (κ1) is 20.9. The molecule has 0 heterocycles. The number of nitrogens with two attached hydrogens (primary N) is 1. The molecule has 3 rings (SSSR count). The summed E-state index contributed by atoms with van der Waals surface area (Å²) in [5, 5.41) is 5.36. The average Bonchev–Trinajstić information content (AvgIpc) is 2.73. The molecule has 30 heavy (non-hydrogen) atoms. The molecule has 0 radical (unpaired) electrons. The molecule has 0 aliphatic carbocycles. The predicted molar refractivity (Wildman–Crippen MR) is 111 cm³/mol. The van der Waals surface area contributed by atoms with Crippen molar-refractivity contribution in [1.29, 1.82) is 0 Å². The molecule has 3 aromatic rings. The SMILES string of the molecule is NC(=O)N[C@@H](CC(=O)NCc1ccc(F)cc1)c1cccc(Oc2ccccc2)c1. The third kappa shape index (κ3) is 6.34. The minimum atomic E-state index is -0.735. The summed E-state index contributed by atoms with van der Waals surface area (Å²) in [6.45, 7) is 0.250. The summed E-state index contributed by atoms with van der Waals surface area (Å²) in [5.41, 5.74) is 6.74. The maximum absolute atomic E-state index is 13.0. The Morgan fingerprint density at radius 3 is 2.33 bits per heavy atom. The zero-order valence-electron chi connectivity index (χ0n) is 16.2. The number of carbonyl (C=O) groups is 2. The highest BCUT2D eigenvalue weighted by molar-refractivity contribution is 5.78. The van der Waals surface area contributed by atoms with Crippen molar-refractivity contribution < 1.29 is 18.7 Å². The first-order chi connectivity index (χ1) is 14.5. The van der Waals surface area contributed by atoms with E-state index in [0.717, 1.165) is 5.56 Å². The lowest BCUT2D eigenvalue weighted by Crippen LogP contribution is -2.36. The summed E-state index contributed by atoms with van der Waals surface area (Å²) in [5.74, 6) is 0.619. The minimum absolute atomic E-state index is 0.0150. The Morgan fingerprint density at radius 2 is 1.63 bits per heavy atom. The van der Waals surface area contributed by atoms with Crippen LogP contribution in [-0.4, -0.2) is 11.9 Å². The number of urea groups is 1. The van der Waals surface area contributed by atoms with E-state index in [-0.39, 0.29) is 24.7 Å². The van der Waals surface area contributed by atoms with Gasteiger partial charge < -0.3 is 21.1 Å². The van der Waals surface area contributed by atoms with Crippen LogP contribution in [0.3, 0.4) is 0 Å². The molecule has 1 atom stereocenters. The average molecular weight is 407 g/mol. The number of halogens is 1. The number of carbonyl (C=O) groups excluding carboxylic acids is 2. The van der Waals surface area contributed by atoms with Gasteiger partial charge in [0.2, 0.25) is 5.91 Å². The molecule has 6 nitrogen and oxygen atoms in total. The van der Waals surface area contributed by atoms with Gasteiger partial charge in [-0.1, -0.05) is 42.5 Å². The van der Waals surface area contributed by atoms with Gasteiger partial charge in [0.25, 0.3) is 0 Å². The van der Waals surface area contributed by atoms with Crippen molar-refractivity contribution in [1.82, 2.24) is 10.6 Å². The van der Waals surface area contributed by atoms with Crippen molar-refractivity contribution in [2.75, 3.05) is 0 Å². The minimum Gasteiger partial charge on any atom is -0.457 e. The van der Waals surface area contributed by atoms with Crippen LogP contribution in [0.25, 0.3) is 0 Å². The molecule has 0 fully saturated rings. The summed E-state index contributed by atoms with van der Waals surface area (Å²) >= 11 is 0. The summed E-state index contributed by atoms with van der Waals surface area (Å²) < 4.78 is 18.8. The predicted octanol–water partition coefficient (Wildman–Crippen LogP) is 4.03. The van der Waals surface area contributed by atoms with Crippen LogP contribution in [-0.2, 0) is 11.3 Å². The van der Waals surface area contributed by atoms with Crippen LogP contribution < -0.4 is 21.1 Å². The van der Waals surface area contributed by atoms with E-state index in [9.17, 15) is 14.0 Å². The Morgan fingerprint density at radius 1 is 0.933 bits per heavy atom. The lowest BCUT2D eigenvalue weighted by Gasteiger charge is -2.19. The lowest BCUT2D eigenvalue weighted by atomic mass is 10.0. The van der Waals surface area contributed by atoms with Gasteiger partial charge in [-0.15, -0.1) is 0 Å². The molecular weight excluding hydrogens is 385 g/mol. The maximum Gasteiger partial charge on any atom is 0.312 e. The van der Waals surface area contributed by atoms with Crippen molar-refractivity contribution in [3.8, 4) is 11.5 Å². The monoisotopic (exact) mass is 407 g/mol. The molecule has 0 aromatic heterocycles. The Balaban J connectivity index is 1.67. The molecule has 0 unspecified atom stereocenters. The summed E-state index contributed by atoms with van der Waals surface area (Å²) in [4.78, 5) is 23.9. The van der Waals surface area contributed by atoms with Crippen LogP contribution in [0.5, 0.6) is 11.5 Å². The number of rotatable bonds is 8. The first-order valence-corrected chi connectivity index (χ1v) is 9.39. The van der Waals surface area contributed by atoms with Gasteiger partial charge in [-0.3, -0.25) is 4.79 Å². The molecule has 7 heteroatoms. The van der Waals surface area contributed by atoms with Gasteiger partial charge in [-0.2, -0.15) is 0 Å². The fourth-order valence-electron chi connectivity index (χ4n) is 2.90. The number of hydrogen-bond donors (Lipinski definition) is 3. The van der Waals surface area contributed by atoms with E-state index >= 15 is 0 Å². The molecule has 0 saturated carbocycles. The zero-order chi connectivity index (χ0) is 21.3. The second-order valence-corrected chi connectivity index (χ2v) is 6.66. The topological polar surface area (TPSA) is 93.5 Å². The van der Waals surface area contributed by atoms with E-state index in [1.165, 1.54) is 12.1 Å². The first-order valence-electron chi connectivity index (χ1n) is 9.39. The lowest BCUT2D eigenvalue weighted by molar-refractivity contribution is -0.121. The molecular formula is C23H22FN3O3. The Bertz CT molecular complexity index is 994. The highest BCUT2D eigenvalue weighted by Crippen LogP contribution is 2.26. The summed E-state index contributed by atoms with van der Waals surface area (Å²) in [6, 6.07) is 20.9. The molecule has 154 valence electrons. The smallest absolute Gasteiger partial charge is 0.312 e. The highest BCUT2D eigenvalue weighted by atomic mass is 19.1. The largest absolute Gasteiger partial charge is 0.457 e. The van der Waals surface area contributed by atoms with Gasteiger partial charge in [0.1, 0.15) is 17.3 Å². The molecule has 3 aromatic carbocycles. The van der Waals surface area contributed by atoms with E-state index < -0.39 is 12.1 Å². The van der Waals surface area contributed by atoms with Crippen molar-refractivity contribution in [2.45, 2.75) is 19.0 Å². The molecule has 3 amide bonds. The van der Waals surface area contributed by atoms with E-state index in [1.807, 2.05) is 30.3 Å². The third-order valence-electron chi connectivity index (χ3n) is 4.35. The van der Waals surface area contributed by atoms with Crippen molar-refractivity contribution in [3.63, 3.8) is 0 Å². The second-order valence-electron chi connectivity index (χ2n) is 6.66. The number of hydrogen-bond acceptors (Lipinski definition) is 3. The van der Waals surface area contributed by atoms with Crippen LogP contribution in [0.15, 0.2) is 78.9 Å². The third-order valence-corrected chi connectivity index (χ3v) is 4.35. The van der Waals surface area contributed by atoms with Crippen LogP contribution in [0.2, 0.25) is 0 Å². The fourth-order valence-corrected chi connectivity index (χ4v) is 2.90. The molecule has 0 saturated heterocycles. The summed E-state index contributed by atoms with van der Waals surface area (Å²) in [7, 11) is 0. The number of ether oxygens (including phenoxy) is 1. The van der Waals surface area contributed by atoms with Crippen LogP contribution in [0.1, 0.15) is 23.6 Å². The van der Waals surface area contributed by atoms with Gasteiger partial charge in [0.15, 0.2) is 0 Å². The van der Waals surface area contributed by atoms with Crippen LogP contribution >= 0.6 is 0 Å². The maximum atomic E-state index is 13.0. The quantitative estimate of drug-likeness (QED) is 0.526. The van der Waals surface area contributed by atoms with E-state index in [0.29, 0.717) is 17.1 Å². The van der Waals surface area contributed by atoms with Crippen LogP contribution in [0.4, 0.5) is 9.18 Å². The van der Waals surface area contributed by atoms with Gasteiger partial charge in [-0.25, -0.2) is 9.18 Å². The summed E-state index contributed by atoms with van der Waals surface area (Å²) in [6.07, 6.45) is -0.0150. The molecule has 0 aliphatic rings. The van der Waals surface area contributed by atoms with E-state index in [2.05, 4.69) is 10.6 Å². The second kappa shape index (κ2) is 10.1. The van der Waals surface area contributed by atoms with Crippen LogP contribution in [0, 0.1) is 5.82 Å². The normalized spacial score (nSPS) is 11.4. The van der Waals surface area contributed by atoms with E-state index in [1.54, 1.807) is 36.4 Å². The van der Waals surface area contributed by atoms with Gasteiger partial charge in [0, 0.05) is 6.54 Å². The van der Waals surface area contributed by atoms with Gasteiger partial charge in [0.05, 0.1) is 12.5 Å². The van der Waals surface area contributed by atoms with Gasteiger partial charge in [-0.05, 0) is 47.5 Å². The molecule has 4 N–H and O–H groups in total. The number of para-hydroxylation sites is 1. The van der Waals surface area contributed by atoms with Crippen molar-refractivity contribution >= 4 is 11.9 Å². The Hall–Kier alpha value is -3.87. The molecule has 0 aliphatic heterocycles. The molecule has 0 bridgehead atoms. The standard InChI is InChI=1S/C23H22FN3O3/c24-18-11-9-16(10-12-18)15-26-22(28)14-21(27-23(25)29)17-5-4-8-20(13-17)30-19-6-2-1-3-7-19/h1-13,21H,14-15H2,(H,26,28)(H3,25,27,29)/t21-/m0/s1. The Kier molecular flexibility index (Phi) is 7.00. The number of amides is 3. The fraction of sp³-hybridized carbons (Fsp3) is 0.130. The number of benzene rings is 3. The van der Waals surface area contributed by atoms with Gasteiger partial charge >= 0.3 is 6.03 Å². The zero-order valence-corrected chi connectivity index (χ0v) is 16.2. The molecule has 0 spiro atoms. The van der Waals surface area contributed by atoms with Crippen molar-refractivity contribution in [3.05, 3.63) is 95.8 Å². The number of primary amides is 1. The Labute approximate surface area is 173 Å². The number of nitrogens with one attached hydrogen (secondary N) is 2. The van der Waals surface area contributed by atoms with Crippen molar-refractivity contribution in [2.24, 2.45) is 5.73 Å². The highest BCUT2D eigenvalue weighted by Gasteiger charge is 2.18.